The van der Waals surface area contributed by atoms with Gasteiger partial charge in [-0.3, -0.25) is 0 Å². The molecule has 0 radical (unpaired) electrons. The predicted octanol–water partition coefficient (Wildman–Crippen LogP) is 4.80. The van der Waals surface area contributed by atoms with Crippen LogP contribution in [0.25, 0.3) is 0 Å². The lowest BCUT2D eigenvalue weighted by molar-refractivity contribution is 0.329. The first-order valence-corrected chi connectivity index (χ1v) is 10.7. The highest BCUT2D eigenvalue weighted by Gasteiger charge is 2.40. The highest BCUT2D eigenvalue weighted by molar-refractivity contribution is 7.89. The zero-order valence-electron chi connectivity index (χ0n) is 15.5. The number of hydrogen-bond donors (Lipinski definition) is 1. The van der Waals surface area contributed by atoms with Crippen LogP contribution in [0.4, 0.5) is 10.1 Å². The molecule has 1 aliphatic rings. The van der Waals surface area contributed by atoms with E-state index in [1.165, 1.54) is 22.5 Å². The molecule has 0 bridgehead atoms. The summed E-state index contributed by atoms with van der Waals surface area (Å²) in [5.74, 6) is 0.0112. The van der Waals surface area contributed by atoms with Gasteiger partial charge in [-0.1, -0.05) is 48.0 Å². The van der Waals surface area contributed by atoms with Gasteiger partial charge in [-0.15, -0.1) is 0 Å². The molecule has 1 heterocycles. The van der Waals surface area contributed by atoms with E-state index < -0.39 is 22.0 Å². The first-order chi connectivity index (χ1) is 13.9. The molecule has 0 saturated heterocycles. The van der Waals surface area contributed by atoms with Crippen LogP contribution in [-0.4, -0.2) is 19.8 Å². The molecule has 0 fully saturated rings. The van der Waals surface area contributed by atoms with E-state index in [2.05, 4.69) is 5.32 Å². The average Bonchev–Trinajstić information content (AvgIpc) is 2.73. The topological polar surface area (TPSA) is 58.6 Å². The SMILES string of the molecule is COc1ccc(CN2[C@@H](c3cccc(Cl)c3F)Nc3ccccc3S2(=O)=O)cc1. The van der Waals surface area contributed by atoms with Crippen molar-refractivity contribution in [1.82, 2.24) is 4.31 Å². The summed E-state index contributed by atoms with van der Waals surface area (Å²) >= 11 is 5.96. The third-order valence-corrected chi connectivity index (χ3v) is 6.99. The van der Waals surface area contributed by atoms with Crippen molar-refractivity contribution in [2.75, 3.05) is 12.4 Å². The molecular weight excluding hydrogens is 415 g/mol. The van der Waals surface area contributed by atoms with Gasteiger partial charge in [0, 0.05) is 12.1 Å². The van der Waals surface area contributed by atoms with E-state index in [4.69, 9.17) is 16.3 Å². The lowest BCUT2D eigenvalue weighted by Crippen LogP contribution is -2.42. The first kappa shape index (κ1) is 19.7. The van der Waals surface area contributed by atoms with Gasteiger partial charge in [-0.05, 0) is 35.9 Å². The average molecular weight is 433 g/mol. The molecular formula is C21H18ClFN2O3S. The van der Waals surface area contributed by atoms with Crippen molar-refractivity contribution in [3.05, 3.63) is 88.7 Å². The van der Waals surface area contributed by atoms with Crippen molar-refractivity contribution in [3.8, 4) is 5.75 Å². The van der Waals surface area contributed by atoms with Crippen molar-refractivity contribution < 1.29 is 17.5 Å². The Morgan fingerprint density at radius 3 is 2.52 bits per heavy atom. The molecule has 0 saturated carbocycles. The van der Waals surface area contributed by atoms with E-state index in [0.717, 1.165) is 5.56 Å². The summed E-state index contributed by atoms with van der Waals surface area (Å²) in [5.41, 5.74) is 1.31. The highest BCUT2D eigenvalue weighted by Crippen LogP contribution is 2.40. The van der Waals surface area contributed by atoms with Crippen molar-refractivity contribution in [1.29, 1.82) is 0 Å². The summed E-state index contributed by atoms with van der Waals surface area (Å²) in [6.45, 7) is 0.0459. The number of hydrogen-bond acceptors (Lipinski definition) is 4. The quantitative estimate of drug-likeness (QED) is 0.643. The second kappa shape index (κ2) is 7.67. The van der Waals surface area contributed by atoms with E-state index in [9.17, 15) is 12.8 Å². The Hall–Kier alpha value is -2.61. The fourth-order valence-corrected chi connectivity index (χ4v) is 5.20. The molecule has 1 atom stereocenters. The van der Waals surface area contributed by atoms with E-state index in [0.29, 0.717) is 11.4 Å². The monoisotopic (exact) mass is 432 g/mol. The van der Waals surface area contributed by atoms with Crippen LogP contribution in [0.1, 0.15) is 17.3 Å². The van der Waals surface area contributed by atoms with Gasteiger partial charge < -0.3 is 10.1 Å². The number of sulfonamides is 1. The normalized spacial score (nSPS) is 18.0. The van der Waals surface area contributed by atoms with E-state index in [-0.39, 0.29) is 22.0 Å². The Balaban J connectivity index is 1.83. The van der Waals surface area contributed by atoms with Crippen molar-refractivity contribution in [3.63, 3.8) is 0 Å². The van der Waals surface area contributed by atoms with Gasteiger partial charge in [0.25, 0.3) is 0 Å². The molecule has 5 nitrogen and oxygen atoms in total. The van der Waals surface area contributed by atoms with Gasteiger partial charge in [0.1, 0.15) is 22.6 Å². The third kappa shape index (κ3) is 3.57. The third-order valence-electron chi connectivity index (χ3n) is 4.83. The lowest BCUT2D eigenvalue weighted by atomic mass is 10.1. The van der Waals surface area contributed by atoms with Gasteiger partial charge in [-0.2, -0.15) is 4.31 Å². The van der Waals surface area contributed by atoms with E-state index >= 15 is 0 Å². The van der Waals surface area contributed by atoms with Crippen LogP contribution < -0.4 is 10.1 Å². The van der Waals surface area contributed by atoms with Gasteiger partial charge in [-0.25, -0.2) is 12.8 Å². The summed E-state index contributed by atoms with van der Waals surface area (Å²) in [6, 6.07) is 18.2. The molecule has 1 N–H and O–H groups in total. The second-order valence-electron chi connectivity index (χ2n) is 6.58. The first-order valence-electron chi connectivity index (χ1n) is 8.86. The van der Waals surface area contributed by atoms with Crippen LogP contribution in [-0.2, 0) is 16.6 Å². The summed E-state index contributed by atoms with van der Waals surface area (Å²) in [5, 5.41) is 3.09. The molecule has 3 aromatic rings. The van der Waals surface area contributed by atoms with Crippen LogP contribution in [0.5, 0.6) is 5.75 Å². The Bertz CT molecular complexity index is 1150. The maximum atomic E-state index is 14.8. The predicted molar refractivity (Wildman–Crippen MR) is 110 cm³/mol. The molecule has 1 aliphatic heterocycles. The fourth-order valence-electron chi connectivity index (χ4n) is 3.35. The number of rotatable bonds is 4. The number of methoxy groups -OCH3 is 1. The Morgan fingerprint density at radius 1 is 1.07 bits per heavy atom. The maximum Gasteiger partial charge on any atom is 0.247 e. The molecule has 4 rings (SSSR count). The second-order valence-corrected chi connectivity index (χ2v) is 8.85. The Morgan fingerprint density at radius 2 is 1.79 bits per heavy atom. The van der Waals surface area contributed by atoms with Crippen LogP contribution in [0, 0.1) is 5.82 Å². The summed E-state index contributed by atoms with van der Waals surface area (Å²) in [7, 11) is -2.34. The number of nitrogens with zero attached hydrogens (tertiary/aromatic N) is 1. The number of anilines is 1. The minimum absolute atomic E-state index is 0.0459. The molecule has 8 heteroatoms. The molecule has 0 aliphatic carbocycles. The number of ether oxygens (including phenoxy) is 1. The van der Waals surface area contributed by atoms with Crippen molar-refractivity contribution in [2.45, 2.75) is 17.6 Å². The Kier molecular flexibility index (Phi) is 5.21. The number of benzene rings is 3. The lowest BCUT2D eigenvalue weighted by Gasteiger charge is -2.37. The van der Waals surface area contributed by atoms with Crippen molar-refractivity contribution in [2.24, 2.45) is 0 Å². The molecule has 29 heavy (non-hydrogen) atoms. The molecule has 0 amide bonds. The van der Waals surface area contributed by atoms with Gasteiger partial charge in [0.15, 0.2) is 0 Å². The molecule has 3 aromatic carbocycles. The maximum absolute atomic E-state index is 14.8. The highest BCUT2D eigenvalue weighted by atomic mass is 35.5. The molecule has 0 spiro atoms. The standard InChI is InChI=1S/C21H18ClFN2O3S/c1-28-15-11-9-14(10-12-15)13-25-21(16-5-4-6-17(22)20(16)23)24-18-7-2-3-8-19(18)29(25,26)27/h2-12,21,24H,13H2,1H3/t21-/m0/s1. The zero-order chi connectivity index (χ0) is 20.6. The summed E-state index contributed by atoms with van der Waals surface area (Å²) in [6.07, 6.45) is -0.948. The zero-order valence-corrected chi connectivity index (χ0v) is 17.0. The fraction of sp³-hybridized carbons (Fsp3) is 0.143. The Labute approximate surface area is 173 Å². The van der Waals surface area contributed by atoms with Gasteiger partial charge in [0.05, 0.1) is 17.8 Å². The number of fused-ring (bicyclic) bond motifs is 1. The van der Waals surface area contributed by atoms with E-state index in [1.54, 1.807) is 55.6 Å². The minimum atomic E-state index is -3.89. The van der Waals surface area contributed by atoms with Crippen LogP contribution >= 0.6 is 11.6 Å². The summed E-state index contributed by atoms with van der Waals surface area (Å²) < 4.78 is 48.0. The van der Waals surface area contributed by atoms with Crippen LogP contribution in [0.15, 0.2) is 71.6 Å². The smallest absolute Gasteiger partial charge is 0.247 e. The molecule has 0 aromatic heterocycles. The molecule has 0 unspecified atom stereocenters. The van der Waals surface area contributed by atoms with Crippen molar-refractivity contribution >= 4 is 27.3 Å². The van der Waals surface area contributed by atoms with Crippen LogP contribution in [0.2, 0.25) is 5.02 Å². The van der Waals surface area contributed by atoms with E-state index in [1.807, 2.05) is 0 Å². The van der Waals surface area contributed by atoms with Gasteiger partial charge >= 0.3 is 0 Å². The van der Waals surface area contributed by atoms with Crippen LogP contribution in [0.3, 0.4) is 0 Å². The number of halogens is 2. The largest absolute Gasteiger partial charge is 0.497 e. The molecule has 150 valence electrons. The summed E-state index contributed by atoms with van der Waals surface area (Å²) in [4.78, 5) is 0.146. The number of nitrogens with one attached hydrogen (secondary N) is 1. The minimum Gasteiger partial charge on any atom is -0.497 e. The van der Waals surface area contributed by atoms with Gasteiger partial charge in [0.2, 0.25) is 10.0 Å². The number of para-hydroxylation sites is 1.